The summed E-state index contributed by atoms with van der Waals surface area (Å²) < 4.78 is 0. The van der Waals surface area contributed by atoms with Gasteiger partial charge in [-0.1, -0.05) is 0 Å². The molecule has 0 bridgehead atoms. The Bertz CT molecular complexity index is 3.90. The van der Waals surface area contributed by atoms with Crippen LogP contribution in [0.25, 0.3) is 0 Å². The van der Waals surface area contributed by atoms with E-state index in [4.69, 9.17) is 0 Å². The van der Waals surface area contributed by atoms with Crippen molar-refractivity contribution in [1.29, 1.82) is 0 Å². The summed E-state index contributed by atoms with van der Waals surface area (Å²) in [4.78, 5) is 0. The Morgan fingerprint density at radius 2 is 0.333 bits per heavy atom. The zero-order valence-electron chi connectivity index (χ0n) is 5.41. The topological polar surface area (TPSA) is 0 Å². The van der Waals surface area contributed by atoms with Gasteiger partial charge in [0.05, 0.1) is 0 Å². The van der Waals surface area contributed by atoms with Crippen LogP contribution in [0.15, 0.2) is 0 Å². The van der Waals surface area contributed by atoms with E-state index in [9.17, 15) is 0 Å². The van der Waals surface area contributed by atoms with Crippen LogP contribution in [0.3, 0.4) is 0 Å². The normalized spacial score (nSPS) is 0. The van der Waals surface area contributed by atoms with E-state index < -0.39 is 0 Å². The van der Waals surface area contributed by atoms with Crippen LogP contribution in [0, 0.1) is 37.1 Å². The fraction of sp³-hybridized carbons (Fsp3) is 0. The molecule has 0 aliphatic carbocycles. The van der Waals surface area contributed by atoms with Crippen molar-refractivity contribution in [3.8, 4) is 0 Å². The van der Waals surface area contributed by atoms with Crippen LogP contribution < -0.4 is 0 Å². The van der Waals surface area contributed by atoms with Crippen molar-refractivity contribution < 1.29 is 21.1 Å². The zero-order valence-corrected chi connectivity index (χ0v) is 7.42. The molecule has 0 spiro atoms. The Balaban J connectivity index is 0. The standard InChI is InChI=1S/5CH3.Mo/h5*1H3;/q5*-1;. The molecule has 6 heavy (non-hydrogen) atoms. The van der Waals surface area contributed by atoms with Crippen LogP contribution in [0.5, 0.6) is 0 Å². The van der Waals surface area contributed by atoms with Crippen LogP contribution >= 0.6 is 0 Å². The Hall–Kier alpha value is 0.688. The minimum Gasteiger partial charge on any atom is -0.358 e. The molecular formula is C5H15Mo-5. The fourth-order valence-electron chi connectivity index (χ4n) is 0. The maximum absolute atomic E-state index is 0. The van der Waals surface area contributed by atoms with E-state index in [-0.39, 0.29) is 58.2 Å². The Morgan fingerprint density at radius 3 is 0.333 bits per heavy atom. The van der Waals surface area contributed by atoms with Gasteiger partial charge in [-0.25, -0.2) is 0 Å². The summed E-state index contributed by atoms with van der Waals surface area (Å²) in [6, 6.07) is 0. The van der Waals surface area contributed by atoms with Gasteiger partial charge in [0.2, 0.25) is 0 Å². The van der Waals surface area contributed by atoms with E-state index in [0.717, 1.165) is 0 Å². The second kappa shape index (κ2) is 264. The minimum atomic E-state index is 0. The molecule has 1 heteroatoms. The summed E-state index contributed by atoms with van der Waals surface area (Å²) in [7, 11) is 0. The molecule has 0 aromatic carbocycles. The van der Waals surface area contributed by atoms with Crippen LogP contribution in [-0.4, -0.2) is 0 Å². The van der Waals surface area contributed by atoms with Gasteiger partial charge < -0.3 is 37.1 Å². The van der Waals surface area contributed by atoms with Gasteiger partial charge in [-0.2, -0.15) is 0 Å². The molecule has 0 unspecified atom stereocenters. The summed E-state index contributed by atoms with van der Waals surface area (Å²) in [6.45, 7) is 0. The molecule has 0 atom stereocenters. The first-order valence-corrected chi connectivity index (χ1v) is 0. The monoisotopic (exact) mass is 173 g/mol. The van der Waals surface area contributed by atoms with Gasteiger partial charge in [0.15, 0.2) is 0 Å². The largest absolute Gasteiger partial charge is 0.358 e. The molecule has 0 aliphatic rings. The maximum Gasteiger partial charge on any atom is 0 e. The minimum absolute atomic E-state index is 0. The van der Waals surface area contributed by atoms with Crippen LogP contribution in [0.1, 0.15) is 0 Å². The number of hydrogen-bond donors (Lipinski definition) is 0. The summed E-state index contributed by atoms with van der Waals surface area (Å²) in [5.41, 5.74) is 0. The second-order valence-corrected chi connectivity index (χ2v) is 0. The van der Waals surface area contributed by atoms with Gasteiger partial charge in [0.25, 0.3) is 0 Å². The van der Waals surface area contributed by atoms with Gasteiger partial charge in [0, 0.05) is 21.1 Å². The third kappa shape index (κ3) is 135. The van der Waals surface area contributed by atoms with Crippen molar-refractivity contribution in [2.75, 3.05) is 0 Å². The summed E-state index contributed by atoms with van der Waals surface area (Å²) in [6.07, 6.45) is 0. The van der Waals surface area contributed by atoms with Gasteiger partial charge in [-0.15, -0.1) is 0 Å². The van der Waals surface area contributed by atoms with Crippen molar-refractivity contribution in [3.63, 3.8) is 0 Å². The van der Waals surface area contributed by atoms with E-state index in [1.54, 1.807) is 0 Å². The molecule has 0 nitrogen and oxygen atoms in total. The summed E-state index contributed by atoms with van der Waals surface area (Å²) >= 11 is 0. The predicted molar refractivity (Wildman–Crippen MR) is 32.1 cm³/mol. The number of rotatable bonds is 0. The van der Waals surface area contributed by atoms with E-state index in [1.165, 1.54) is 0 Å². The van der Waals surface area contributed by atoms with Crippen molar-refractivity contribution in [2.24, 2.45) is 0 Å². The molecule has 0 rings (SSSR count). The van der Waals surface area contributed by atoms with Crippen molar-refractivity contribution in [3.05, 3.63) is 37.1 Å². The third-order valence-electron chi connectivity index (χ3n) is 0. The first-order valence-electron chi connectivity index (χ1n) is 0. The molecule has 0 heterocycles. The van der Waals surface area contributed by atoms with Crippen molar-refractivity contribution in [2.45, 2.75) is 0 Å². The van der Waals surface area contributed by atoms with Gasteiger partial charge in [-0.3, -0.25) is 0 Å². The first-order chi connectivity index (χ1) is 0. The van der Waals surface area contributed by atoms with Gasteiger partial charge in [0.1, 0.15) is 0 Å². The smallest absolute Gasteiger partial charge is 0 e. The molecule has 0 aromatic rings. The quantitative estimate of drug-likeness (QED) is 0.387. The van der Waals surface area contributed by atoms with E-state index in [2.05, 4.69) is 0 Å². The molecule has 46 valence electrons. The van der Waals surface area contributed by atoms with E-state index in [1.807, 2.05) is 0 Å². The molecule has 0 aliphatic heterocycles. The van der Waals surface area contributed by atoms with Crippen LogP contribution in [-0.2, 0) is 21.1 Å². The summed E-state index contributed by atoms with van der Waals surface area (Å²) in [5.74, 6) is 0. The first kappa shape index (κ1) is 457. The molecule has 0 N–H and O–H groups in total. The average Bonchev–Trinajstić information content (AvgIpc) is 0. The van der Waals surface area contributed by atoms with Crippen LogP contribution in [0.2, 0.25) is 0 Å². The summed E-state index contributed by atoms with van der Waals surface area (Å²) in [5, 5.41) is 0. The van der Waals surface area contributed by atoms with E-state index >= 15 is 0 Å². The molecule has 0 radical (unpaired) electrons. The average molecular weight is 171 g/mol. The molecule has 0 saturated heterocycles. The molecular weight excluding hydrogens is 156 g/mol. The molecule has 0 fully saturated rings. The third-order valence-corrected chi connectivity index (χ3v) is 0. The molecule has 0 amide bonds. The second-order valence-electron chi connectivity index (χ2n) is 0. The van der Waals surface area contributed by atoms with Crippen molar-refractivity contribution in [1.82, 2.24) is 0 Å². The SMILES string of the molecule is [CH3-].[CH3-].[CH3-].[CH3-].[CH3-].[Mo]. The molecule has 0 saturated carbocycles. The zero-order chi connectivity index (χ0) is 0. The fourth-order valence-corrected chi connectivity index (χ4v) is 0. The maximum atomic E-state index is 0. The number of hydrogen-bond acceptors (Lipinski definition) is 0. The van der Waals surface area contributed by atoms with Gasteiger partial charge in [-0.05, 0) is 0 Å². The Morgan fingerprint density at radius 1 is 0.333 bits per heavy atom. The Labute approximate surface area is 58.6 Å². The van der Waals surface area contributed by atoms with E-state index in [0.29, 0.717) is 0 Å². The van der Waals surface area contributed by atoms with Crippen LogP contribution in [0.4, 0.5) is 0 Å². The van der Waals surface area contributed by atoms with Gasteiger partial charge >= 0.3 is 0 Å². The van der Waals surface area contributed by atoms with Crippen molar-refractivity contribution >= 4 is 0 Å². The predicted octanol–water partition coefficient (Wildman–Crippen LogP) is 2.25. The Kier molecular flexibility index (Phi) is 20100. The molecule has 0 aromatic heterocycles.